The van der Waals surface area contributed by atoms with Crippen LogP contribution < -0.4 is 10.2 Å². The van der Waals surface area contributed by atoms with E-state index in [1.54, 1.807) is 0 Å². The van der Waals surface area contributed by atoms with E-state index < -0.39 is 0 Å². The third kappa shape index (κ3) is 3.18. The summed E-state index contributed by atoms with van der Waals surface area (Å²) in [6, 6.07) is 6.99. The van der Waals surface area contributed by atoms with Gasteiger partial charge in [-0.3, -0.25) is 0 Å². The molecule has 0 unspecified atom stereocenters. The summed E-state index contributed by atoms with van der Waals surface area (Å²) in [6.45, 7) is 7.63. The monoisotopic (exact) mass is 266 g/mol. The van der Waals surface area contributed by atoms with Gasteiger partial charge in [-0.1, -0.05) is 30.7 Å². The van der Waals surface area contributed by atoms with Gasteiger partial charge in [-0.15, -0.1) is 0 Å². The van der Waals surface area contributed by atoms with Crippen LogP contribution in [-0.4, -0.2) is 25.7 Å². The molecule has 1 aromatic carbocycles. The Morgan fingerprint density at radius 2 is 2.06 bits per heavy atom. The molecule has 100 valence electrons. The maximum absolute atomic E-state index is 6.39. The maximum atomic E-state index is 6.39. The van der Waals surface area contributed by atoms with Gasteiger partial charge in [0.25, 0.3) is 0 Å². The van der Waals surface area contributed by atoms with E-state index in [9.17, 15) is 0 Å². The summed E-state index contributed by atoms with van der Waals surface area (Å²) in [4.78, 5) is 2.42. The number of halogens is 1. The van der Waals surface area contributed by atoms with Gasteiger partial charge in [-0.05, 0) is 44.4 Å². The van der Waals surface area contributed by atoms with Crippen molar-refractivity contribution in [2.24, 2.45) is 0 Å². The molecule has 1 fully saturated rings. The van der Waals surface area contributed by atoms with Crippen molar-refractivity contribution >= 4 is 17.3 Å². The van der Waals surface area contributed by atoms with E-state index in [1.165, 1.54) is 30.5 Å². The summed E-state index contributed by atoms with van der Waals surface area (Å²) < 4.78 is 0. The molecule has 1 aliphatic heterocycles. The number of hydrogen-bond acceptors (Lipinski definition) is 2. The zero-order valence-electron chi connectivity index (χ0n) is 11.4. The second-order valence-corrected chi connectivity index (χ2v) is 5.50. The van der Waals surface area contributed by atoms with E-state index in [0.29, 0.717) is 6.04 Å². The van der Waals surface area contributed by atoms with Gasteiger partial charge in [0.2, 0.25) is 0 Å². The van der Waals surface area contributed by atoms with Crippen LogP contribution in [0.3, 0.4) is 0 Å². The number of benzene rings is 1. The molecule has 2 rings (SSSR count). The SMILES string of the molecule is CCCNC1CCN(c2cccc(C)c2Cl)CC1. The lowest BCUT2D eigenvalue weighted by Crippen LogP contribution is -2.42. The summed E-state index contributed by atoms with van der Waals surface area (Å²) >= 11 is 6.39. The van der Waals surface area contributed by atoms with Crippen LogP contribution in [0.5, 0.6) is 0 Å². The highest BCUT2D eigenvalue weighted by molar-refractivity contribution is 6.34. The highest BCUT2D eigenvalue weighted by Gasteiger charge is 2.20. The van der Waals surface area contributed by atoms with Crippen molar-refractivity contribution < 1.29 is 0 Å². The molecule has 0 bridgehead atoms. The first-order chi connectivity index (χ1) is 8.72. The molecule has 0 amide bonds. The average Bonchev–Trinajstić information content (AvgIpc) is 2.40. The number of hydrogen-bond donors (Lipinski definition) is 1. The zero-order chi connectivity index (χ0) is 13.0. The van der Waals surface area contributed by atoms with E-state index in [-0.39, 0.29) is 0 Å². The topological polar surface area (TPSA) is 15.3 Å². The van der Waals surface area contributed by atoms with Crippen LogP contribution in [0.4, 0.5) is 5.69 Å². The van der Waals surface area contributed by atoms with Gasteiger partial charge in [0.1, 0.15) is 0 Å². The minimum absolute atomic E-state index is 0.685. The van der Waals surface area contributed by atoms with E-state index >= 15 is 0 Å². The lowest BCUT2D eigenvalue weighted by molar-refractivity contribution is 0.416. The van der Waals surface area contributed by atoms with Crippen molar-refractivity contribution in [1.82, 2.24) is 5.32 Å². The predicted molar refractivity (Wildman–Crippen MR) is 79.7 cm³/mol. The molecule has 0 atom stereocenters. The summed E-state index contributed by atoms with van der Waals surface area (Å²) in [5.41, 5.74) is 2.37. The number of nitrogens with zero attached hydrogens (tertiary/aromatic N) is 1. The smallest absolute Gasteiger partial charge is 0.0668 e. The second-order valence-electron chi connectivity index (χ2n) is 5.12. The number of anilines is 1. The number of piperidine rings is 1. The molecule has 0 saturated carbocycles. The Balaban J connectivity index is 1.95. The van der Waals surface area contributed by atoms with Crippen molar-refractivity contribution in [3.8, 4) is 0 Å². The normalized spacial score (nSPS) is 17.2. The van der Waals surface area contributed by atoms with Crippen LogP contribution in [0, 0.1) is 6.92 Å². The Hall–Kier alpha value is -0.730. The quantitative estimate of drug-likeness (QED) is 0.896. The van der Waals surface area contributed by atoms with Gasteiger partial charge in [-0.25, -0.2) is 0 Å². The van der Waals surface area contributed by atoms with Gasteiger partial charge in [0.05, 0.1) is 10.7 Å². The molecular weight excluding hydrogens is 244 g/mol. The van der Waals surface area contributed by atoms with Crippen LogP contribution in [0.15, 0.2) is 18.2 Å². The summed E-state index contributed by atoms with van der Waals surface area (Å²) in [6.07, 6.45) is 3.64. The Bertz CT molecular complexity index is 384. The Morgan fingerprint density at radius 1 is 1.33 bits per heavy atom. The van der Waals surface area contributed by atoms with Crippen molar-refractivity contribution in [1.29, 1.82) is 0 Å². The van der Waals surface area contributed by atoms with Crippen LogP contribution in [0.25, 0.3) is 0 Å². The molecule has 1 saturated heterocycles. The zero-order valence-corrected chi connectivity index (χ0v) is 12.1. The molecule has 0 aromatic heterocycles. The van der Waals surface area contributed by atoms with E-state index in [0.717, 1.165) is 24.7 Å². The van der Waals surface area contributed by atoms with Crippen LogP contribution in [0.1, 0.15) is 31.7 Å². The third-order valence-electron chi connectivity index (χ3n) is 3.69. The molecule has 0 aliphatic carbocycles. The van der Waals surface area contributed by atoms with Crippen molar-refractivity contribution in [2.45, 2.75) is 39.2 Å². The lowest BCUT2D eigenvalue weighted by atomic mass is 10.0. The first-order valence-electron chi connectivity index (χ1n) is 6.95. The van der Waals surface area contributed by atoms with Crippen molar-refractivity contribution in [3.05, 3.63) is 28.8 Å². The number of nitrogens with one attached hydrogen (secondary N) is 1. The summed E-state index contributed by atoms with van der Waals surface area (Å²) in [7, 11) is 0. The van der Waals surface area contributed by atoms with Gasteiger partial charge >= 0.3 is 0 Å². The Morgan fingerprint density at radius 3 is 2.72 bits per heavy atom. The fourth-order valence-corrected chi connectivity index (χ4v) is 2.79. The van der Waals surface area contributed by atoms with E-state index in [4.69, 9.17) is 11.6 Å². The largest absolute Gasteiger partial charge is 0.370 e. The number of rotatable bonds is 4. The van der Waals surface area contributed by atoms with Gasteiger partial charge in [0, 0.05) is 19.1 Å². The Labute approximate surface area is 115 Å². The van der Waals surface area contributed by atoms with Crippen molar-refractivity contribution in [3.63, 3.8) is 0 Å². The predicted octanol–water partition coefficient (Wildman–Crippen LogP) is 3.62. The highest BCUT2D eigenvalue weighted by atomic mass is 35.5. The molecular formula is C15H23ClN2. The third-order valence-corrected chi connectivity index (χ3v) is 4.18. The fourth-order valence-electron chi connectivity index (χ4n) is 2.55. The standard InChI is InChI=1S/C15H23ClN2/c1-3-9-17-13-7-10-18(11-8-13)14-6-4-5-12(2)15(14)16/h4-6,13,17H,3,7-11H2,1-2H3. The van der Waals surface area contributed by atoms with Crippen LogP contribution in [0.2, 0.25) is 5.02 Å². The fraction of sp³-hybridized carbons (Fsp3) is 0.600. The van der Waals surface area contributed by atoms with Gasteiger partial charge in [0.15, 0.2) is 0 Å². The van der Waals surface area contributed by atoms with E-state index in [1.807, 2.05) is 0 Å². The molecule has 1 heterocycles. The molecule has 0 radical (unpaired) electrons. The average molecular weight is 267 g/mol. The minimum Gasteiger partial charge on any atom is -0.370 e. The maximum Gasteiger partial charge on any atom is 0.0668 e. The lowest BCUT2D eigenvalue weighted by Gasteiger charge is -2.34. The van der Waals surface area contributed by atoms with Crippen molar-refractivity contribution in [2.75, 3.05) is 24.5 Å². The first-order valence-corrected chi connectivity index (χ1v) is 7.33. The molecule has 1 aliphatic rings. The minimum atomic E-state index is 0.685. The summed E-state index contributed by atoms with van der Waals surface area (Å²) in [5.74, 6) is 0. The van der Waals surface area contributed by atoms with Crippen LogP contribution >= 0.6 is 11.6 Å². The Kier molecular flexibility index (Phi) is 4.90. The molecule has 18 heavy (non-hydrogen) atoms. The van der Waals surface area contributed by atoms with E-state index in [2.05, 4.69) is 42.3 Å². The molecule has 1 N–H and O–H groups in total. The summed E-state index contributed by atoms with van der Waals surface area (Å²) in [5, 5.41) is 4.52. The molecule has 3 heteroatoms. The molecule has 0 spiro atoms. The first kappa shape index (κ1) is 13.7. The molecule has 1 aromatic rings. The van der Waals surface area contributed by atoms with Crippen LogP contribution in [-0.2, 0) is 0 Å². The van der Waals surface area contributed by atoms with Gasteiger partial charge < -0.3 is 10.2 Å². The van der Waals surface area contributed by atoms with Gasteiger partial charge in [-0.2, -0.15) is 0 Å². The number of aryl methyl sites for hydroxylation is 1. The second kappa shape index (κ2) is 6.44. The molecule has 2 nitrogen and oxygen atoms in total. The highest BCUT2D eigenvalue weighted by Crippen LogP contribution is 2.30.